The van der Waals surface area contributed by atoms with Gasteiger partial charge in [-0.2, -0.15) is 0 Å². The van der Waals surface area contributed by atoms with Crippen LogP contribution in [0.4, 0.5) is 16.2 Å². The zero-order valence-corrected chi connectivity index (χ0v) is 11.4. The number of nitrogens with zero attached hydrogens (tertiary/aromatic N) is 1. The fraction of sp³-hybridized carbons (Fsp3) is 0.0714. The van der Waals surface area contributed by atoms with E-state index in [1.165, 1.54) is 19.3 Å². The second-order valence-electron chi connectivity index (χ2n) is 4.07. The summed E-state index contributed by atoms with van der Waals surface area (Å²) in [6.45, 7) is 1.47. The monoisotopic (exact) mass is 289 g/mol. The van der Waals surface area contributed by atoms with E-state index >= 15 is 0 Å². The predicted octanol–water partition coefficient (Wildman–Crippen LogP) is 3.58. The number of hydrogen-bond acceptors (Lipinski definition) is 3. The third-order valence-corrected chi connectivity index (χ3v) is 2.87. The van der Waals surface area contributed by atoms with E-state index in [0.29, 0.717) is 22.0 Å². The first-order chi connectivity index (χ1) is 9.56. The van der Waals surface area contributed by atoms with Crippen LogP contribution in [0, 0.1) is 0 Å². The molecular weight excluding hydrogens is 278 g/mol. The van der Waals surface area contributed by atoms with Gasteiger partial charge in [-0.1, -0.05) is 23.7 Å². The summed E-state index contributed by atoms with van der Waals surface area (Å²) < 4.78 is 0. The number of aromatic nitrogens is 1. The van der Waals surface area contributed by atoms with E-state index in [1.807, 2.05) is 0 Å². The van der Waals surface area contributed by atoms with Crippen molar-refractivity contribution in [2.24, 2.45) is 0 Å². The van der Waals surface area contributed by atoms with Gasteiger partial charge < -0.3 is 10.6 Å². The van der Waals surface area contributed by atoms with Gasteiger partial charge in [-0.05, 0) is 25.1 Å². The molecule has 2 aromatic rings. The lowest BCUT2D eigenvalue weighted by Crippen LogP contribution is -2.19. The first-order valence-corrected chi connectivity index (χ1v) is 6.22. The molecule has 2 rings (SSSR count). The molecule has 0 saturated heterocycles. The van der Waals surface area contributed by atoms with Crippen molar-refractivity contribution < 1.29 is 9.59 Å². The van der Waals surface area contributed by atoms with Gasteiger partial charge in [0, 0.05) is 17.4 Å². The maximum Gasteiger partial charge on any atom is 0.323 e. The zero-order chi connectivity index (χ0) is 14.5. The number of ketones is 1. The van der Waals surface area contributed by atoms with Crippen LogP contribution in [0.25, 0.3) is 0 Å². The number of carbonyl (C=O) groups excluding carboxylic acids is 2. The number of urea groups is 1. The van der Waals surface area contributed by atoms with E-state index in [9.17, 15) is 9.59 Å². The van der Waals surface area contributed by atoms with Gasteiger partial charge in [0.15, 0.2) is 5.78 Å². The van der Waals surface area contributed by atoms with Gasteiger partial charge in [0.05, 0.1) is 16.9 Å². The van der Waals surface area contributed by atoms with Gasteiger partial charge in [0.25, 0.3) is 0 Å². The lowest BCUT2D eigenvalue weighted by atomic mass is 10.1. The van der Waals surface area contributed by atoms with Crippen molar-refractivity contribution >= 4 is 34.8 Å². The average molecular weight is 290 g/mol. The molecule has 2 amide bonds. The van der Waals surface area contributed by atoms with Crippen molar-refractivity contribution in [2.45, 2.75) is 6.92 Å². The molecule has 0 spiro atoms. The van der Waals surface area contributed by atoms with Crippen molar-refractivity contribution in [3.05, 3.63) is 53.3 Å². The third-order valence-electron chi connectivity index (χ3n) is 2.54. The van der Waals surface area contributed by atoms with Gasteiger partial charge in [-0.15, -0.1) is 0 Å². The molecule has 0 radical (unpaired) electrons. The van der Waals surface area contributed by atoms with Crippen molar-refractivity contribution in [1.82, 2.24) is 4.98 Å². The minimum Gasteiger partial charge on any atom is -0.308 e. The number of carbonyl (C=O) groups is 2. The van der Waals surface area contributed by atoms with Gasteiger partial charge in [-0.25, -0.2) is 4.79 Å². The molecule has 0 bridgehead atoms. The highest BCUT2D eigenvalue weighted by molar-refractivity contribution is 6.33. The summed E-state index contributed by atoms with van der Waals surface area (Å²) in [6, 6.07) is 7.80. The summed E-state index contributed by atoms with van der Waals surface area (Å²) in [7, 11) is 0. The molecule has 6 heteroatoms. The maximum absolute atomic E-state index is 11.8. The van der Waals surface area contributed by atoms with Gasteiger partial charge in [-0.3, -0.25) is 9.78 Å². The van der Waals surface area contributed by atoms with E-state index in [1.54, 1.807) is 30.3 Å². The summed E-state index contributed by atoms with van der Waals surface area (Å²) in [5.74, 6) is -0.0654. The molecule has 0 aliphatic rings. The molecule has 20 heavy (non-hydrogen) atoms. The molecule has 0 fully saturated rings. The summed E-state index contributed by atoms with van der Waals surface area (Å²) >= 11 is 5.91. The minimum atomic E-state index is -0.458. The van der Waals surface area contributed by atoms with Crippen molar-refractivity contribution in [1.29, 1.82) is 0 Å². The SMILES string of the molecule is CC(=O)c1cccc(NC(=O)Nc2cnccc2Cl)c1. The molecular formula is C14H12ClN3O2. The normalized spacial score (nSPS) is 9.90. The van der Waals surface area contributed by atoms with E-state index in [-0.39, 0.29) is 5.78 Å². The standard InChI is InChI=1S/C14H12ClN3O2/c1-9(19)10-3-2-4-11(7-10)17-14(20)18-13-8-16-6-5-12(13)15/h2-8H,1H3,(H2,17,18,20). The fourth-order valence-electron chi connectivity index (χ4n) is 1.57. The molecule has 0 saturated carbocycles. The number of pyridine rings is 1. The Kier molecular flexibility index (Phi) is 4.32. The summed E-state index contributed by atoms with van der Waals surface area (Å²) in [5, 5.41) is 5.60. The second kappa shape index (κ2) is 6.16. The van der Waals surface area contributed by atoms with Crippen LogP contribution in [0.5, 0.6) is 0 Å². The number of nitrogens with one attached hydrogen (secondary N) is 2. The molecule has 0 aliphatic carbocycles. The lowest BCUT2D eigenvalue weighted by Gasteiger charge is -2.09. The number of halogens is 1. The Morgan fingerprint density at radius 1 is 1.20 bits per heavy atom. The first-order valence-electron chi connectivity index (χ1n) is 5.85. The molecule has 102 valence electrons. The molecule has 0 atom stereocenters. The van der Waals surface area contributed by atoms with Crippen molar-refractivity contribution in [3.8, 4) is 0 Å². The molecule has 0 unspecified atom stereocenters. The minimum absolute atomic E-state index is 0.0654. The van der Waals surface area contributed by atoms with Crippen LogP contribution >= 0.6 is 11.6 Å². The maximum atomic E-state index is 11.8. The molecule has 1 aromatic carbocycles. The zero-order valence-electron chi connectivity index (χ0n) is 10.7. The predicted molar refractivity (Wildman–Crippen MR) is 78.3 cm³/mol. The number of rotatable bonds is 3. The molecule has 5 nitrogen and oxygen atoms in total. The number of amides is 2. The Hall–Kier alpha value is -2.40. The van der Waals surface area contributed by atoms with Gasteiger partial charge >= 0.3 is 6.03 Å². The van der Waals surface area contributed by atoms with E-state index < -0.39 is 6.03 Å². The van der Waals surface area contributed by atoms with E-state index in [4.69, 9.17) is 11.6 Å². The van der Waals surface area contributed by atoms with Crippen LogP contribution in [-0.2, 0) is 0 Å². The highest BCUT2D eigenvalue weighted by atomic mass is 35.5. The van der Waals surface area contributed by atoms with Crippen molar-refractivity contribution in [3.63, 3.8) is 0 Å². The van der Waals surface area contributed by atoms with Gasteiger partial charge in [0.2, 0.25) is 0 Å². The topological polar surface area (TPSA) is 71.1 Å². The number of hydrogen-bond donors (Lipinski definition) is 2. The van der Waals surface area contributed by atoms with Gasteiger partial charge in [0.1, 0.15) is 0 Å². The molecule has 1 aromatic heterocycles. The van der Waals surface area contributed by atoms with E-state index in [0.717, 1.165) is 0 Å². The second-order valence-corrected chi connectivity index (χ2v) is 4.48. The van der Waals surface area contributed by atoms with Crippen LogP contribution < -0.4 is 10.6 Å². The van der Waals surface area contributed by atoms with Crippen LogP contribution in [0.15, 0.2) is 42.7 Å². The Bertz CT molecular complexity index is 658. The molecule has 0 aliphatic heterocycles. The average Bonchev–Trinajstić information content (AvgIpc) is 2.41. The number of benzene rings is 1. The fourth-order valence-corrected chi connectivity index (χ4v) is 1.72. The quantitative estimate of drug-likeness (QED) is 0.848. The summed E-state index contributed by atoms with van der Waals surface area (Å²) in [5.41, 5.74) is 1.46. The largest absolute Gasteiger partial charge is 0.323 e. The van der Waals surface area contributed by atoms with Crippen LogP contribution in [-0.4, -0.2) is 16.8 Å². The smallest absolute Gasteiger partial charge is 0.308 e. The summed E-state index contributed by atoms with van der Waals surface area (Å²) in [6.07, 6.45) is 2.98. The lowest BCUT2D eigenvalue weighted by molar-refractivity contribution is 0.101. The van der Waals surface area contributed by atoms with Crippen LogP contribution in [0.3, 0.4) is 0 Å². The first kappa shape index (κ1) is 14.0. The highest BCUT2D eigenvalue weighted by Gasteiger charge is 2.07. The molecule has 1 heterocycles. The van der Waals surface area contributed by atoms with Crippen LogP contribution in [0.1, 0.15) is 17.3 Å². The van der Waals surface area contributed by atoms with E-state index in [2.05, 4.69) is 15.6 Å². The number of anilines is 2. The third kappa shape index (κ3) is 3.55. The Morgan fingerprint density at radius 2 is 2.00 bits per heavy atom. The van der Waals surface area contributed by atoms with Crippen molar-refractivity contribution in [2.75, 3.05) is 10.6 Å². The molecule has 2 N–H and O–H groups in total. The Labute approximate surface area is 121 Å². The summed E-state index contributed by atoms with van der Waals surface area (Å²) in [4.78, 5) is 27.0. The highest BCUT2D eigenvalue weighted by Crippen LogP contribution is 2.19. The Balaban J connectivity index is 2.07. The number of Topliss-reactive ketones (excluding diaryl/α,β-unsaturated/α-hetero) is 1. The van der Waals surface area contributed by atoms with Crippen LogP contribution in [0.2, 0.25) is 5.02 Å². The Morgan fingerprint density at radius 3 is 2.70 bits per heavy atom.